The summed E-state index contributed by atoms with van der Waals surface area (Å²) in [5, 5.41) is 9.85. The minimum atomic E-state index is 0.106. The molecule has 1 N–H and O–H groups in total. The van der Waals surface area contributed by atoms with Gasteiger partial charge in [-0.05, 0) is 34.6 Å². The van der Waals surface area contributed by atoms with Gasteiger partial charge in [0, 0.05) is 31.7 Å². The molecule has 0 amide bonds. The number of halogens is 1. The minimum absolute atomic E-state index is 0.106. The molecule has 1 aliphatic rings. The van der Waals surface area contributed by atoms with Crippen LogP contribution in [0, 0.1) is 0 Å². The van der Waals surface area contributed by atoms with E-state index >= 15 is 0 Å². The van der Waals surface area contributed by atoms with E-state index in [2.05, 4.69) is 32.7 Å². The molecule has 20 heavy (non-hydrogen) atoms. The van der Waals surface area contributed by atoms with Crippen molar-refractivity contribution in [3.8, 4) is 11.5 Å². The van der Waals surface area contributed by atoms with Crippen LogP contribution in [0.2, 0.25) is 0 Å². The summed E-state index contributed by atoms with van der Waals surface area (Å²) in [5.41, 5.74) is 0.895. The number of piperazine rings is 1. The Balaban J connectivity index is 2.15. The van der Waals surface area contributed by atoms with Crippen LogP contribution >= 0.6 is 28.1 Å². The molecule has 0 saturated carbocycles. The highest BCUT2D eigenvalue weighted by atomic mass is 79.9. The molecule has 0 radical (unpaired) electrons. The number of nitrogens with zero attached hydrogens (tertiary/aromatic N) is 2. The molecule has 0 aromatic heterocycles. The summed E-state index contributed by atoms with van der Waals surface area (Å²) in [7, 11) is 1.54. The highest BCUT2D eigenvalue weighted by molar-refractivity contribution is 9.10. The van der Waals surface area contributed by atoms with Crippen LogP contribution < -0.4 is 4.74 Å². The largest absolute Gasteiger partial charge is 0.503 e. The van der Waals surface area contributed by atoms with Gasteiger partial charge in [0.2, 0.25) is 0 Å². The summed E-state index contributed by atoms with van der Waals surface area (Å²) >= 11 is 8.91. The molecule has 110 valence electrons. The molecule has 0 atom stereocenters. The van der Waals surface area contributed by atoms with Gasteiger partial charge in [-0.3, -0.25) is 0 Å². The summed E-state index contributed by atoms with van der Waals surface area (Å²) in [5.74, 6) is 0.541. The second-order valence-corrected chi connectivity index (χ2v) is 5.98. The zero-order valence-corrected chi connectivity index (χ0v) is 14.1. The van der Waals surface area contributed by atoms with Crippen LogP contribution in [0.1, 0.15) is 12.5 Å². The molecule has 1 aromatic carbocycles. The van der Waals surface area contributed by atoms with Crippen molar-refractivity contribution in [2.75, 3.05) is 39.8 Å². The molecule has 6 heteroatoms. The lowest BCUT2D eigenvalue weighted by atomic mass is 10.1. The normalized spacial score (nSPS) is 16.2. The van der Waals surface area contributed by atoms with E-state index in [1.165, 1.54) is 7.11 Å². The molecule has 0 aliphatic carbocycles. The van der Waals surface area contributed by atoms with Crippen molar-refractivity contribution in [1.82, 2.24) is 9.80 Å². The smallest absolute Gasteiger partial charge is 0.172 e. The summed E-state index contributed by atoms with van der Waals surface area (Å²) in [6.07, 6.45) is 0. The quantitative estimate of drug-likeness (QED) is 0.839. The van der Waals surface area contributed by atoms with Gasteiger partial charge in [0.25, 0.3) is 0 Å². The van der Waals surface area contributed by atoms with Gasteiger partial charge in [-0.25, -0.2) is 0 Å². The van der Waals surface area contributed by atoms with Crippen molar-refractivity contribution >= 4 is 33.1 Å². The Morgan fingerprint density at radius 2 is 2.00 bits per heavy atom. The lowest BCUT2D eigenvalue weighted by Gasteiger charge is -2.35. The molecule has 1 aliphatic heterocycles. The maximum atomic E-state index is 9.85. The minimum Gasteiger partial charge on any atom is -0.503 e. The number of thiocarbonyl (C=S) groups is 1. The summed E-state index contributed by atoms with van der Waals surface area (Å²) in [6.45, 7) is 7.20. The van der Waals surface area contributed by atoms with Gasteiger partial charge in [-0.1, -0.05) is 19.1 Å². The lowest BCUT2D eigenvalue weighted by molar-refractivity contribution is 0.192. The van der Waals surface area contributed by atoms with Crippen LogP contribution in [0.25, 0.3) is 0 Å². The third kappa shape index (κ3) is 3.24. The lowest BCUT2D eigenvalue weighted by Crippen LogP contribution is -2.48. The second kappa shape index (κ2) is 6.74. The zero-order chi connectivity index (χ0) is 14.7. The molecule has 1 saturated heterocycles. The third-order valence-electron chi connectivity index (χ3n) is 3.60. The van der Waals surface area contributed by atoms with Crippen molar-refractivity contribution in [3.63, 3.8) is 0 Å². The molecule has 0 unspecified atom stereocenters. The fourth-order valence-electron chi connectivity index (χ4n) is 2.30. The standard InChI is InChI=1S/C14H19BrN2O2S/c1-3-16-4-6-17(7-5-16)14(20)10-8-11(15)13(18)12(9-10)19-2/h8-9,18H,3-7H2,1-2H3. The van der Waals surface area contributed by atoms with E-state index in [1.807, 2.05) is 6.07 Å². The van der Waals surface area contributed by atoms with E-state index in [0.717, 1.165) is 43.3 Å². The van der Waals surface area contributed by atoms with E-state index in [0.29, 0.717) is 10.2 Å². The summed E-state index contributed by atoms with van der Waals surface area (Å²) < 4.78 is 5.77. The Morgan fingerprint density at radius 3 is 2.55 bits per heavy atom. The second-order valence-electron chi connectivity index (χ2n) is 4.74. The Bertz CT molecular complexity index is 502. The van der Waals surface area contributed by atoms with E-state index in [-0.39, 0.29) is 5.75 Å². The number of methoxy groups -OCH3 is 1. The first-order valence-corrected chi connectivity index (χ1v) is 7.85. The molecule has 4 nitrogen and oxygen atoms in total. The van der Waals surface area contributed by atoms with Crippen molar-refractivity contribution in [2.24, 2.45) is 0 Å². The van der Waals surface area contributed by atoms with Gasteiger partial charge in [0.1, 0.15) is 4.99 Å². The number of ether oxygens (including phenoxy) is 1. The van der Waals surface area contributed by atoms with Crippen molar-refractivity contribution in [1.29, 1.82) is 0 Å². The number of phenols is 1. The Kier molecular flexibility index (Phi) is 5.23. The highest BCUT2D eigenvalue weighted by Crippen LogP contribution is 2.35. The topological polar surface area (TPSA) is 35.9 Å². The van der Waals surface area contributed by atoms with Crippen LogP contribution in [-0.2, 0) is 0 Å². The molecular formula is C14H19BrN2O2S. The molecule has 2 rings (SSSR count). The predicted molar refractivity (Wildman–Crippen MR) is 87.7 cm³/mol. The van der Waals surface area contributed by atoms with Crippen molar-refractivity contribution in [2.45, 2.75) is 6.92 Å². The van der Waals surface area contributed by atoms with Crippen LogP contribution in [-0.4, -0.2) is 59.7 Å². The maximum absolute atomic E-state index is 9.85. The molecular weight excluding hydrogens is 340 g/mol. The average Bonchev–Trinajstić information content (AvgIpc) is 2.49. The number of aromatic hydroxyl groups is 1. The van der Waals surface area contributed by atoms with E-state index in [1.54, 1.807) is 6.07 Å². The Hall–Kier alpha value is -0.850. The first-order chi connectivity index (χ1) is 9.56. The third-order valence-corrected chi connectivity index (χ3v) is 4.70. The SMILES string of the molecule is CCN1CCN(C(=S)c2cc(Br)c(O)c(OC)c2)CC1. The number of likely N-dealkylation sites (N-methyl/N-ethyl adjacent to an activating group) is 1. The van der Waals surface area contributed by atoms with Crippen LogP contribution in [0.3, 0.4) is 0 Å². The molecule has 1 fully saturated rings. The van der Waals surface area contributed by atoms with Gasteiger partial charge in [0.15, 0.2) is 11.5 Å². The Labute approximate surface area is 133 Å². The summed E-state index contributed by atoms with van der Waals surface area (Å²) in [6, 6.07) is 3.63. The first-order valence-electron chi connectivity index (χ1n) is 6.65. The number of rotatable bonds is 3. The maximum Gasteiger partial charge on any atom is 0.172 e. The highest BCUT2D eigenvalue weighted by Gasteiger charge is 2.20. The van der Waals surface area contributed by atoms with Gasteiger partial charge < -0.3 is 19.6 Å². The Morgan fingerprint density at radius 1 is 1.35 bits per heavy atom. The zero-order valence-electron chi connectivity index (χ0n) is 11.7. The number of phenolic OH excluding ortho intramolecular Hbond substituents is 1. The van der Waals surface area contributed by atoms with Gasteiger partial charge in [-0.15, -0.1) is 0 Å². The molecule has 1 heterocycles. The van der Waals surface area contributed by atoms with E-state index in [4.69, 9.17) is 17.0 Å². The molecule has 0 bridgehead atoms. The van der Waals surface area contributed by atoms with Crippen LogP contribution in [0.4, 0.5) is 0 Å². The van der Waals surface area contributed by atoms with E-state index in [9.17, 15) is 5.11 Å². The summed E-state index contributed by atoms with van der Waals surface area (Å²) in [4.78, 5) is 5.42. The van der Waals surface area contributed by atoms with Gasteiger partial charge in [-0.2, -0.15) is 0 Å². The van der Waals surface area contributed by atoms with Crippen molar-refractivity contribution in [3.05, 3.63) is 22.2 Å². The van der Waals surface area contributed by atoms with E-state index < -0.39 is 0 Å². The first kappa shape index (κ1) is 15.5. The monoisotopic (exact) mass is 358 g/mol. The average molecular weight is 359 g/mol. The van der Waals surface area contributed by atoms with Crippen molar-refractivity contribution < 1.29 is 9.84 Å². The van der Waals surface area contributed by atoms with Gasteiger partial charge >= 0.3 is 0 Å². The van der Waals surface area contributed by atoms with Gasteiger partial charge in [0.05, 0.1) is 11.6 Å². The number of hydrogen-bond donors (Lipinski definition) is 1. The predicted octanol–water partition coefficient (Wildman–Crippen LogP) is 2.48. The fraction of sp³-hybridized carbons (Fsp3) is 0.500. The van der Waals surface area contributed by atoms with Crippen LogP contribution in [0.15, 0.2) is 16.6 Å². The molecule has 0 spiro atoms. The number of hydrogen-bond acceptors (Lipinski definition) is 4. The van der Waals surface area contributed by atoms with Crippen LogP contribution in [0.5, 0.6) is 11.5 Å². The molecule has 1 aromatic rings. The number of benzene rings is 1. The fourth-order valence-corrected chi connectivity index (χ4v) is 3.05.